The minimum atomic E-state index is 0.879. The molecule has 0 saturated heterocycles. The summed E-state index contributed by atoms with van der Waals surface area (Å²) < 4.78 is 0. The number of rotatable bonds is 8. The van der Waals surface area contributed by atoms with Gasteiger partial charge in [0.1, 0.15) is 0 Å². The molecule has 0 unspecified atom stereocenters. The largest absolute Gasteiger partial charge is 0.0882 e. The van der Waals surface area contributed by atoms with Gasteiger partial charge in [0.25, 0.3) is 0 Å². The zero-order valence-electron chi connectivity index (χ0n) is 8.71. The summed E-state index contributed by atoms with van der Waals surface area (Å²) in [6.45, 7) is 7.46. The van der Waals surface area contributed by atoms with E-state index in [2.05, 4.69) is 31.2 Å². The highest BCUT2D eigenvalue weighted by Gasteiger charge is 1.80. The lowest BCUT2D eigenvalue weighted by Gasteiger charge is -1.90. The van der Waals surface area contributed by atoms with Crippen molar-refractivity contribution in [2.24, 2.45) is 0 Å². The van der Waals surface area contributed by atoms with Gasteiger partial charge >= 0.3 is 0 Å². The highest BCUT2D eigenvalue weighted by Crippen LogP contribution is 2.00. The molecule has 73 valence electrons. The summed E-state index contributed by atoms with van der Waals surface area (Å²) in [6.07, 6.45) is 17.5. The molecule has 0 aliphatic carbocycles. The molecule has 0 N–H and O–H groups in total. The molecule has 0 aliphatic rings. The lowest BCUT2D eigenvalue weighted by Crippen LogP contribution is -1.70. The van der Waals surface area contributed by atoms with Crippen LogP contribution in [0.3, 0.4) is 0 Å². The molecule has 0 atom stereocenters. The Hall–Kier alpha value is -0.780. The van der Waals surface area contributed by atoms with Gasteiger partial charge in [0, 0.05) is 0 Å². The first-order valence-corrected chi connectivity index (χ1v) is 5.25. The van der Waals surface area contributed by atoms with Crippen LogP contribution in [0, 0.1) is 6.58 Å². The van der Waals surface area contributed by atoms with Crippen LogP contribution in [0.25, 0.3) is 0 Å². The smallest absolute Gasteiger partial charge is 0.0166 e. The van der Waals surface area contributed by atoms with E-state index < -0.39 is 0 Å². The second-order valence-electron chi connectivity index (χ2n) is 3.15. The molecule has 0 heteroatoms. The summed E-state index contributed by atoms with van der Waals surface area (Å²) in [5.41, 5.74) is 0. The molecule has 0 saturated carbocycles. The van der Waals surface area contributed by atoms with E-state index in [0.29, 0.717) is 0 Å². The highest BCUT2D eigenvalue weighted by atomic mass is 13.9. The molecule has 0 amide bonds. The Morgan fingerprint density at radius 2 is 1.62 bits per heavy atom. The van der Waals surface area contributed by atoms with Crippen LogP contribution in [0.1, 0.15) is 45.4 Å². The average Bonchev–Trinajstić information content (AvgIpc) is 2.16. The Kier molecular flexibility index (Phi) is 10.5. The second kappa shape index (κ2) is 11.2. The lowest BCUT2D eigenvalue weighted by molar-refractivity contribution is 0.728. The Morgan fingerprint density at radius 3 is 2.31 bits per heavy atom. The molecule has 0 aromatic heterocycles. The van der Waals surface area contributed by atoms with Crippen molar-refractivity contribution in [1.29, 1.82) is 0 Å². The molecule has 1 radical (unpaired) electrons. The third-order valence-corrected chi connectivity index (χ3v) is 1.85. The molecule has 0 bridgehead atoms. The van der Waals surface area contributed by atoms with Crippen molar-refractivity contribution >= 4 is 0 Å². The Balaban J connectivity index is 3.16. The maximum absolute atomic E-state index is 5.23. The number of hydrogen-bond acceptors (Lipinski definition) is 0. The van der Waals surface area contributed by atoms with Crippen LogP contribution in [0.15, 0.2) is 30.4 Å². The Labute approximate surface area is 83.0 Å². The molecule has 0 aliphatic heterocycles. The predicted molar refractivity (Wildman–Crippen MR) is 60.5 cm³/mol. The second-order valence-corrected chi connectivity index (χ2v) is 3.15. The van der Waals surface area contributed by atoms with Crippen LogP contribution < -0.4 is 0 Å². The van der Waals surface area contributed by atoms with Gasteiger partial charge < -0.3 is 0 Å². The summed E-state index contributed by atoms with van der Waals surface area (Å²) >= 11 is 0. The van der Waals surface area contributed by atoms with Crippen LogP contribution in [0.5, 0.6) is 0 Å². The topological polar surface area (TPSA) is 0 Å². The van der Waals surface area contributed by atoms with Gasteiger partial charge in [-0.2, -0.15) is 0 Å². The summed E-state index contributed by atoms with van der Waals surface area (Å²) in [4.78, 5) is 0. The van der Waals surface area contributed by atoms with E-state index in [1.807, 2.05) is 0 Å². The van der Waals surface area contributed by atoms with Gasteiger partial charge in [-0.15, -0.1) is 0 Å². The third kappa shape index (κ3) is 11.2. The van der Waals surface area contributed by atoms with Crippen molar-refractivity contribution in [1.82, 2.24) is 0 Å². The maximum atomic E-state index is 5.23. The Morgan fingerprint density at radius 1 is 0.923 bits per heavy atom. The van der Waals surface area contributed by atoms with Gasteiger partial charge in [0.2, 0.25) is 0 Å². The summed E-state index contributed by atoms with van der Waals surface area (Å²) in [5, 5.41) is 0. The van der Waals surface area contributed by atoms with Crippen LogP contribution >= 0.6 is 0 Å². The molecular formula is C13H21. The minimum absolute atomic E-state index is 0.879. The minimum Gasteiger partial charge on any atom is -0.0882 e. The monoisotopic (exact) mass is 177 g/mol. The van der Waals surface area contributed by atoms with E-state index in [9.17, 15) is 0 Å². The van der Waals surface area contributed by atoms with E-state index in [4.69, 9.17) is 6.58 Å². The van der Waals surface area contributed by atoms with Gasteiger partial charge in [-0.1, -0.05) is 56.7 Å². The van der Waals surface area contributed by atoms with Crippen molar-refractivity contribution in [3.63, 3.8) is 0 Å². The van der Waals surface area contributed by atoms with Crippen molar-refractivity contribution in [2.45, 2.75) is 45.4 Å². The highest BCUT2D eigenvalue weighted by molar-refractivity contribution is 4.94. The molecule has 0 rings (SSSR count). The SMILES string of the molecule is [CH]=CCC=CCC=CCCCCC. The van der Waals surface area contributed by atoms with Crippen molar-refractivity contribution in [2.75, 3.05) is 0 Å². The zero-order valence-corrected chi connectivity index (χ0v) is 8.71. The van der Waals surface area contributed by atoms with Crippen LogP contribution in [0.4, 0.5) is 0 Å². The van der Waals surface area contributed by atoms with E-state index in [0.717, 1.165) is 12.8 Å². The van der Waals surface area contributed by atoms with Crippen LogP contribution in [0.2, 0.25) is 0 Å². The van der Waals surface area contributed by atoms with Gasteiger partial charge in [0.05, 0.1) is 0 Å². The molecule has 0 aromatic carbocycles. The fourth-order valence-corrected chi connectivity index (χ4v) is 1.08. The standard InChI is InChI=1S/C13H21/c1-3-5-7-9-11-13-12-10-8-6-4-2/h1,3,7,9,12-13H,4-6,8,10-11H2,2H3. The molecule has 0 heterocycles. The fourth-order valence-electron chi connectivity index (χ4n) is 1.08. The van der Waals surface area contributed by atoms with Gasteiger partial charge in [-0.3, -0.25) is 0 Å². The molecule has 0 aromatic rings. The lowest BCUT2D eigenvalue weighted by atomic mass is 10.2. The van der Waals surface area contributed by atoms with Crippen molar-refractivity contribution < 1.29 is 0 Å². The molecule has 13 heavy (non-hydrogen) atoms. The average molecular weight is 177 g/mol. The Bertz CT molecular complexity index is 151. The third-order valence-electron chi connectivity index (χ3n) is 1.85. The van der Waals surface area contributed by atoms with Gasteiger partial charge in [-0.25, -0.2) is 0 Å². The number of allylic oxidation sites excluding steroid dienone is 5. The molecule has 0 fully saturated rings. The van der Waals surface area contributed by atoms with E-state index in [1.165, 1.54) is 25.7 Å². The van der Waals surface area contributed by atoms with Crippen molar-refractivity contribution in [3.8, 4) is 0 Å². The first kappa shape index (κ1) is 12.2. The van der Waals surface area contributed by atoms with Crippen LogP contribution in [-0.4, -0.2) is 0 Å². The van der Waals surface area contributed by atoms with Gasteiger partial charge in [0.15, 0.2) is 0 Å². The summed E-state index contributed by atoms with van der Waals surface area (Å²) in [7, 11) is 0. The zero-order chi connectivity index (χ0) is 9.78. The summed E-state index contributed by atoms with van der Waals surface area (Å²) in [6, 6.07) is 0. The molecular weight excluding hydrogens is 156 g/mol. The fraction of sp³-hybridized carbons (Fsp3) is 0.538. The molecule has 0 spiro atoms. The van der Waals surface area contributed by atoms with E-state index >= 15 is 0 Å². The maximum Gasteiger partial charge on any atom is -0.0166 e. The predicted octanol–water partition coefficient (Wildman–Crippen LogP) is 4.45. The first-order chi connectivity index (χ1) is 6.41. The molecule has 0 nitrogen and oxygen atoms in total. The normalized spacial score (nSPS) is 11.5. The van der Waals surface area contributed by atoms with Gasteiger partial charge in [-0.05, 0) is 25.7 Å². The quantitative estimate of drug-likeness (QED) is 0.379. The van der Waals surface area contributed by atoms with E-state index in [1.54, 1.807) is 6.08 Å². The van der Waals surface area contributed by atoms with Crippen molar-refractivity contribution in [3.05, 3.63) is 37.0 Å². The van der Waals surface area contributed by atoms with Crippen LogP contribution in [-0.2, 0) is 0 Å². The number of hydrogen-bond donors (Lipinski definition) is 0. The first-order valence-electron chi connectivity index (χ1n) is 5.25. The number of unbranched alkanes of at least 4 members (excludes halogenated alkanes) is 3. The van der Waals surface area contributed by atoms with E-state index in [-0.39, 0.29) is 0 Å². The summed E-state index contributed by atoms with van der Waals surface area (Å²) in [5.74, 6) is 0.